The van der Waals surface area contributed by atoms with E-state index in [9.17, 15) is 0 Å². The van der Waals surface area contributed by atoms with Crippen LogP contribution < -0.4 is 0 Å². The van der Waals surface area contributed by atoms with Gasteiger partial charge in [0, 0.05) is 29.9 Å². The van der Waals surface area contributed by atoms with Gasteiger partial charge in [-0.2, -0.15) is 0 Å². The fraction of sp³-hybridized carbons (Fsp3) is 0.0952. The van der Waals surface area contributed by atoms with Crippen molar-refractivity contribution in [1.29, 1.82) is 0 Å². The van der Waals surface area contributed by atoms with Crippen molar-refractivity contribution in [3.05, 3.63) is 67.2 Å². The predicted molar refractivity (Wildman–Crippen MR) is 110 cm³/mol. The van der Waals surface area contributed by atoms with E-state index in [2.05, 4.69) is 22.1 Å². The Hall–Kier alpha value is -3.52. The molecule has 0 radical (unpaired) electrons. The van der Waals surface area contributed by atoms with Gasteiger partial charge in [-0.25, -0.2) is 9.97 Å². The maximum Gasteiger partial charge on any atom is 0.200 e. The van der Waals surface area contributed by atoms with Crippen LogP contribution in [-0.4, -0.2) is 29.7 Å². The van der Waals surface area contributed by atoms with Crippen molar-refractivity contribution in [3.63, 3.8) is 0 Å². The number of pyridine rings is 1. The molecule has 0 amide bonds. The molecule has 0 atom stereocenters. The minimum atomic E-state index is 0.633. The molecule has 1 aromatic carbocycles. The molecule has 142 valence electrons. The van der Waals surface area contributed by atoms with Gasteiger partial charge in [-0.3, -0.25) is 9.55 Å². The van der Waals surface area contributed by atoms with Crippen LogP contribution in [0.3, 0.4) is 0 Å². The van der Waals surface area contributed by atoms with Crippen molar-refractivity contribution >= 4 is 22.7 Å². The summed E-state index contributed by atoms with van der Waals surface area (Å²) in [4.78, 5) is 13.7. The monoisotopic (exact) mass is 400 g/mol. The molecular weight excluding hydrogens is 384 g/mol. The van der Waals surface area contributed by atoms with Crippen LogP contribution in [0, 0.1) is 0 Å². The van der Waals surface area contributed by atoms with E-state index < -0.39 is 0 Å². The minimum absolute atomic E-state index is 0.633. The van der Waals surface area contributed by atoms with Crippen molar-refractivity contribution < 1.29 is 4.42 Å². The smallest absolute Gasteiger partial charge is 0.200 e. The molecule has 0 fully saturated rings. The summed E-state index contributed by atoms with van der Waals surface area (Å²) >= 11 is 1.47. The highest BCUT2D eigenvalue weighted by Gasteiger charge is 2.18. The first-order valence-electron chi connectivity index (χ1n) is 9.15. The van der Waals surface area contributed by atoms with Crippen LogP contribution in [0.1, 0.15) is 6.92 Å². The normalized spacial score (nSPS) is 11.2. The van der Waals surface area contributed by atoms with Gasteiger partial charge < -0.3 is 4.42 Å². The first-order chi connectivity index (χ1) is 14.3. The van der Waals surface area contributed by atoms with E-state index >= 15 is 0 Å². The quantitative estimate of drug-likeness (QED) is 0.395. The van der Waals surface area contributed by atoms with Crippen molar-refractivity contribution in [2.75, 3.05) is 0 Å². The molecule has 0 aliphatic carbocycles. The van der Waals surface area contributed by atoms with Crippen LogP contribution >= 0.6 is 11.8 Å². The third-order valence-corrected chi connectivity index (χ3v) is 5.44. The lowest BCUT2D eigenvalue weighted by atomic mass is 10.2. The Morgan fingerprint density at radius 2 is 1.93 bits per heavy atom. The predicted octanol–water partition coefficient (Wildman–Crippen LogP) is 4.71. The summed E-state index contributed by atoms with van der Waals surface area (Å²) in [5, 5.41) is 11.3. The SMILES string of the molecule is CCn1c(Sc2nc(-c3cccnc3)nc3ccccc23)nnc1-c1ccco1. The molecule has 5 aromatic rings. The van der Waals surface area contributed by atoms with Gasteiger partial charge in [0.25, 0.3) is 0 Å². The number of furan rings is 1. The standard InChI is InChI=1S/C21H16N6OS/c1-2-27-19(17-10-6-12-28-17)25-26-21(27)29-20-15-8-3-4-9-16(15)23-18(24-20)14-7-5-11-22-13-14/h3-13H,2H2,1H3. The Labute approximate surface area is 170 Å². The summed E-state index contributed by atoms with van der Waals surface area (Å²) in [7, 11) is 0. The number of aromatic nitrogens is 6. The van der Waals surface area contributed by atoms with Crippen LogP contribution in [0.2, 0.25) is 0 Å². The van der Waals surface area contributed by atoms with Gasteiger partial charge in [-0.05, 0) is 49.0 Å². The molecule has 4 aromatic heterocycles. The Morgan fingerprint density at radius 1 is 1.00 bits per heavy atom. The average molecular weight is 400 g/mol. The summed E-state index contributed by atoms with van der Waals surface area (Å²) in [6.07, 6.45) is 5.14. The maximum atomic E-state index is 5.51. The summed E-state index contributed by atoms with van der Waals surface area (Å²) in [5.74, 6) is 2.02. The largest absolute Gasteiger partial charge is 0.461 e. The van der Waals surface area contributed by atoms with Crippen LogP contribution in [0.4, 0.5) is 0 Å². The molecule has 0 bridgehead atoms. The van der Waals surface area contributed by atoms with Gasteiger partial charge in [0.05, 0.1) is 11.8 Å². The van der Waals surface area contributed by atoms with Crippen LogP contribution in [0.15, 0.2) is 81.8 Å². The Kier molecular flexibility index (Phi) is 4.53. The van der Waals surface area contributed by atoms with Gasteiger partial charge in [0.1, 0.15) is 5.03 Å². The molecule has 7 nitrogen and oxygen atoms in total. The lowest BCUT2D eigenvalue weighted by molar-refractivity contribution is 0.567. The highest BCUT2D eigenvalue weighted by atomic mass is 32.2. The highest BCUT2D eigenvalue weighted by molar-refractivity contribution is 7.99. The zero-order valence-electron chi connectivity index (χ0n) is 15.6. The minimum Gasteiger partial charge on any atom is -0.461 e. The summed E-state index contributed by atoms with van der Waals surface area (Å²) in [6, 6.07) is 15.5. The number of fused-ring (bicyclic) bond motifs is 1. The number of hydrogen-bond acceptors (Lipinski definition) is 7. The van der Waals surface area contributed by atoms with Crippen molar-refractivity contribution in [1.82, 2.24) is 29.7 Å². The van der Waals surface area contributed by atoms with E-state index in [0.717, 1.165) is 26.6 Å². The maximum absolute atomic E-state index is 5.51. The van der Waals surface area contributed by atoms with Gasteiger partial charge in [0.15, 0.2) is 22.6 Å². The molecule has 0 N–H and O–H groups in total. The third kappa shape index (κ3) is 3.27. The van der Waals surface area contributed by atoms with E-state index in [0.29, 0.717) is 24.0 Å². The van der Waals surface area contributed by atoms with Crippen molar-refractivity contribution in [2.45, 2.75) is 23.7 Å². The molecule has 29 heavy (non-hydrogen) atoms. The summed E-state index contributed by atoms with van der Waals surface area (Å²) in [6.45, 7) is 2.77. The van der Waals surface area contributed by atoms with Crippen molar-refractivity contribution in [3.8, 4) is 23.0 Å². The zero-order valence-corrected chi connectivity index (χ0v) is 16.4. The van der Waals surface area contributed by atoms with Crippen LogP contribution in [0.25, 0.3) is 33.9 Å². The Balaban J connectivity index is 1.62. The second kappa shape index (κ2) is 7.48. The molecule has 5 rings (SSSR count). The second-order valence-electron chi connectivity index (χ2n) is 6.24. The van der Waals surface area contributed by atoms with E-state index in [4.69, 9.17) is 14.4 Å². The molecule has 4 heterocycles. The first-order valence-corrected chi connectivity index (χ1v) is 9.97. The van der Waals surface area contributed by atoms with Crippen LogP contribution in [0.5, 0.6) is 0 Å². The number of hydrogen-bond donors (Lipinski definition) is 0. The van der Waals surface area contributed by atoms with Gasteiger partial charge in [-0.15, -0.1) is 10.2 Å². The molecule has 0 aliphatic heterocycles. The van der Waals surface area contributed by atoms with E-state index in [1.807, 2.05) is 53.1 Å². The van der Waals surface area contributed by atoms with Gasteiger partial charge in [-0.1, -0.05) is 18.2 Å². The zero-order chi connectivity index (χ0) is 19.6. The highest BCUT2D eigenvalue weighted by Crippen LogP contribution is 2.34. The lowest BCUT2D eigenvalue weighted by Gasteiger charge is -2.09. The summed E-state index contributed by atoms with van der Waals surface area (Å²) < 4.78 is 7.53. The van der Waals surface area contributed by atoms with Gasteiger partial charge in [0.2, 0.25) is 0 Å². The van der Waals surface area contributed by atoms with E-state index in [1.54, 1.807) is 18.7 Å². The van der Waals surface area contributed by atoms with E-state index in [-0.39, 0.29) is 0 Å². The number of para-hydroxylation sites is 1. The lowest BCUT2D eigenvalue weighted by Crippen LogP contribution is -2.00. The Bertz CT molecular complexity index is 1270. The van der Waals surface area contributed by atoms with Crippen LogP contribution in [-0.2, 0) is 6.54 Å². The number of benzene rings is 1. The molecule has 0 spiro atoms. The number of nitrogens with zero attached hydrogens (tertiary/aromatic N) is 6. The first kappa shape index (κ1) is 17.6. The average Bonchev–Trinajstić information content (AvgIpc) is 3.44. The third-order valence-electron chi connectivity index (χ3n) is 4.45. The second-order valence-corrected chi connectivity index (χ2v) is 7.20. The molecule has 8 heteroatoms. The molecule has 0 saturated heterocycles. The Morgan fingerprint density at radius 3 is 2.72 bits per heavy atom. The fourth-order valence-corrected chi connectivity index (χ4v) is 4.07. The topological polar surface area (TPSA) is 82.5 Å². The van der Waals surface area contributed by atoms with Crippen molar-refractivity contribution in [2.24, 2.45) is 0 Å². The number of rotatable bonds is 5. The van der Waals surface area contributed by atoms with E-state index in [1.165, 1.54) is 11.8 Å². The molecule has 0 unspecified atom stereocenters. The molecule has 0 aliphatic rings. The summed E-state index contributed by atoms with van der Waals surface area (Å²) in [5.41, 5.74) is 1.74. The molecular formula is C21H16N6OS. The molecule has 0 saturated carbocycles. The van der Waals surface area contributed by atoms with Gasteiger partial charge >= 0.3 is 0 Å². The fourth-order valence-electron chi connectivity index (χ4n) is 3.07.